The maximum Gasteiger partial charge on any atom is 0.289 e. The molecule has 6 heteroatoms. The number of furan rings is 1. The predicted octanol–water partition coefficient (Wildman–Crippen LogP) is 2.09. The number of hydrogen-bond donors (Lipinski definition) is 0. The number of carbonyl (C=O) groups excluding carboxylic acids is 2. The summed E-state index contributed by atoms with van der Waals surface area (Å²) in [7, 11) is 1.80. The van der Waals surface area contributed by atoms with Gasteiger partial charge < -0.3 is 14.2 Å². The number of rotatable bonds is 4. The minimum Gasteiger partial charge on any atom is -0.459 e. The van der Waals surface area contributed by atoms with E-state index < -0.39 is 0 Å². The van der Waals surface area contributed by atoms with Gasteiger partial charge in [-0.1, -0.05) is 18.2 Å². The molecule has 0 saturated carbocycles. The van der Waals surface area contributed by atoms with E-state index in [1.54, 1.807) is 29.0 Å². The second kappa shape index (κ2) is 7.53. The molecule has 2 aromatic rings. The average molecular weight is 341 g/mol. The van der Waals surface area contributed by atoms with Gasteiger partial charge >= 0.3 is 0 Å². The molecule has 2 heterocycles. The molecule has 1 fully saturated rings. The average Bonchev–Trinajstić information content (AvgIpc) is 3.21. The molecule has 132 valence electrons. The van der Waals surface area contributed by atoms with Crippen molar-refractivity contribution >= 4 is 17.5 Å². The lowest BCUT2D eigenvalue weighted by Crippen LogP contribution is -2.55. The zero-order chi connectivity index (χ0) is 17.8. The van der Waals surface area contributed by atoms with Crippen LogP contribution in [0.25, 0.3) is 0 Å². The van der Waals surface area contributed by atoms with Crippen LogP contribution in [0.15, 0.2) is 53.1 Å². The van der Waals surface area contributed by atoms with Gasteiger partial charge in [-0.2, -0.15) is 0 Å². The lowest BCUT2D eigenvalue weighted by molar-refractivity contribution is -0.123. The highest BCUT2D eigenvalue weighted by atomic mass is 16.3. The van der Waals surface area contributed by atoms with Crippen molar-refractivity contribution < 1.29 is 14.0 Å². The third-order valence-electron chi connectivity index (χ3n) is 4.71. The Balaban J connectivity index is 1.57. The van der Waals surface area contributed by atoms with Gasteiger partial charge in [-0.25, -0.2) is 0 Å². The molecule has 0 aliphatic carbocycles. The summed E-state index contributed by atoms with van der Waals surface area (Å²) in [5, 5.41) is 0. The molecule has 2 amide bonds. The van der Waals surface area contributed by atoms with Crippen LogP contribution >= 0.6 is 0 Å². The highest BCUT2D eigenvalue weighted by Gasteiger charge is 2.30. The molecule has 25 heavy (non-hydrogen) atoms. The molecule has 0 bridgehead atoms. The summed E-state index contributed by atoms with van der Waals surface area (Å²) in [6.07, 6.45) is 1.50. The van der Waals surface area contributed by atoms with Gasteiger partial charge in [0.1, 0.15) is 0 Å². The molecule has 1 aliphatic heterocycles. The van der Waals surface area contributed by atoms with E-state index in [0.717, 1.165) is 5.69 Å². The Morgan fingerprint density at radius 2 is 1.72 bits per heavy atom. The summed E-state index contributed by atoms with van der Waals surface area (Å²) < 4.78 is 5.18. The van der Waals surface area contributed by atoms with E-state index in [1.807, 2.05) is 37.3 Å². The van der Waals surface area contributed by atoms with E-state index in [-0.39, 0.29) is 17.9 Å². The number of piperazine rings is 1. The van der Waals surface area contributed by atoms with Gasteiger partial charge in [0.05, 0.1) is 12.3 Å². The van der Waals surface area contributed by atoms with Crippen LogP contribution in [0.1, 0.15) is 17.5 Å². The lowest BCUT2D eigenvalue weighted by Gasteiger charge is -2.38. The first-order valence-corrected chi connectivity index (χ1v) is 8.47. The van der Waals surface area contributed by atoms with Crippen molar-refractivity contribution in [1.29, 1.82) is 0 Å². The summed E-state index contributed by atoms with van der Waals surface area (Å²) in [5.41, 5.74) is 0.881. The fourth-order valence-electron chi connectivity index (χ4n) is 3.08. The Labute approximate surface area is 147 Å². The predicted molar refractivity (Wildman–Crippen MR) is 95.5 cm³/mol. The van der Waals surface area contributed by atoms with E-state index in [2.05, 4.69) is 4.90 Å². The smallest absolute Gasteiger partial charge is 0.289 e. The summed E-state index contributed by atoms with van der Waals surface area (Å²) in [4.78, 5) is 30.6. The zero-order valence-electron chi connectivity index (χ0n) is 14.6. The van der Waals surface area contributed by atoms with Crippen molar-refractivity contribution in [3.05, 3.63) is 54.5 Å². The number of hydrogen-bond acceptors (Lipinski definition) is 4. The molecule has 6 nitrogen and oxygen atoms in total. The monoisotopic (exact) mass is 341 g/mol. The number of carbonyl (C=O) groups is 2. The number of nitrogens with zero attached hydrogens (tertiary/aromatic N) is 3. The van der Waals surface area contributed by atoms with Crippen molar-refractivity contribution in [3.8, 4) is 0 Å². The first-order valence-electron chi connectivity index (χ1n) is 8.47. The van der Waals surface area contributed by atoms with Crippen LogP contribution in [0, 0.1) is 0 Å². The molecule has 0 N–H and O–H groups in total. The normalized spacial score (nSPS) is 16.5. The topological polar surface area (TPSA) is 57.0 Å². The van der Waals surface area contributed by atoms with Gasteiger partial charge in [0, 0.05) is 38.9 Å². The third kappa shape index (κ3) is 3.74. The summed E-state index contributed by atoms with van der Waals surface area (Å²) in [5.74, 6) is 0.323. The highest BCUT2D eigenvalue weighted by Crippen LogP contribution is 2.16. The Hall–Kier alpha value is -2.60. The van der Waals surface area contributed by atoms with Crippen molar-refractivity contribution in [3.63, 3.8) is 0 Å². The Kier molecular flexibility index (Phi) is 5.19. The first-order chi connectivity index (χ1) is 12.1. The van der Waals surface area contributed by atoms with Crippen molar-refractivity contribution in [2.24, 2.45) is 0 Å². The second-order valence-corrected chi connectivity index (χ2v) is 6.21. The van der Waals surface area contributed by atoms with Crippen LogP contribution < -0.4 is 4.90 Å². The number of amides is 2. The van der Waals surface area contributed by atoms with Crippen LogP contribution in [0.3, 0.4) is 0 Å². The summed E-state index contributed by atoms with van der Waals surface area (Å²) in [6, 6.07) is 12.8. The molecule has 1 atom stereocenters. The van der Waals surface area contributed by atoms with Gasteiger partial charge in [-0.3, -0.25) is 14.5 Å². The van der Waals surface area contributed by atoms with E-state index in [1.165, 1.54) is 6.26 Å². The molecule has 1 aromatic carbocycles. The molecular weight excluding hydrogens is 318 g/mol. The van der Waals surface area contributed by atoms with Crippen LogP contribution in [0.5, 0.6) is 0 Å². The van der Waals surface area contributed by atoms with Crippen LogP contribution in [-0.2, 0) is 4.79 Å². The number of benzene rings is 1. The van der Waals surface area contributed by atoms with Crippen molar-refractivity contribution in [2.45, 2.75) is 13.0 Å². The Morgan fingerprint density at radius 3 is 2.32 bits per heavy atom. The van der Waals surface area contributed by atoms with E-state index in [0.29, 0.717) is 31.9 Å². The molecule has 0 radical (unpaired) electrons. The zero-order valence-corrected chi connectivity index (χ0v) is 14.6. The van der Waals surface area contributed by atoms with Gasteiger partial charge in [-0.05, 0) is 31.2 Å². The third-order valence-corrected chi connectivity index (χ3v) is 4.71. The van der Waals surface area contributed by atoms with Crippen LogP contribution in [-0.4, -0.2) is 60.9 Å². The molecule has 1 aliphatic rings. The standard InChI is InChI=1S/C19H23N3O3/c1-15(18(23)20(2)16-7-4-3-5-8-16)21-10-12-22(13-11-21)19(24)17-9-6-14-25-17/h3-9,14-15H,10-13H2,1-2H3/t15-/m0/s1. The van der Waals surface area contributed by atoms with Crippen molar-refractivity contribution in [2.75, 3.05) is 38.1 Å². The molecule has 0 spiro atoms. The second-order valence-electron chi connectivity index (χ2n) is 6.21. The summed E-state index contributed by atoms with van der Waals surface area (Å²) >= 11 is 0. The molecule has 3 rings (SSSR count). The number of para-hydroxylation sites is 1. The lowest BCUT2D eigenvalue weighted by atomic mass is 10.2. The Morgan fingerprint density at radius 1 is 1.04 bits per heavy atom. The number of anilines is 1. The van der Waals surface area contributed by atoms with Crippen molar-refractivity contribution in [1.82, 2.24) is 9.80 Å². The fourth-order valence-corrected chi connectivity index (χ4v) is 3.08. The van der Waals surface area contributed by atoms with Gasteiger partial charge in [-0.15, -0.1) is 0 Å². The first kappa shape index (κ1) is 17.2. The van der Waals surface area contributed by atoms with E-state index >= 15 is 0 Å². The van der Waals surface area contributed by atoms with Gasteiger partial charge in [0.2, 0.25) is 5.91 Å². The van der Waals surface area contributed by atoms with Gasteiger partial charge in [0.25, 0.3) is 5.91 Å². The van der Waals surface area contributed by atoms with E-state index in [9.17, 15) is 9.59 Å². The van der Waals surface area contributed by atoms with Gasteiger partial charge in [0.15, 0.2) is 5.76 Å². The number of likely N-dealkylation sites (N-methyl/N-ethyl adjacent to an activating group) is 1. The fraction of sp³-hybridized carbons (Fsp3) is 0.368. The minimum atomic E-state index is -0.230. The molecular formula is C19H23N3O3. The summed E-state index contributed by atoms with van der Waals surface area (Å²) in [6.45, 7) is 4.44. The van der Waals surface area contributed by atoms with Crippen LogP contribution in [0.2, 0.25) is 0 Å². The minimum absolute atomic E-state index is 0.0528. The molecule has 0 unspecified atom stereocenters. The molecule has 1 saturated heterocycles. The quantitative estimate of drug-likeness (QED) is 0.854. The largest absolute Gasteiger partial charge is 0.459 e. The van der Waals surface area contributed by atoms with E-state index in [4.69, 9.17) is 4.42 Å². The maximum absolute atomic E-state index is 12.7. The SMILES string of the molecule is C[C@@H](C(=O)N(C)c1ccccc1)N1CCN(C(=O)c2ccco2)CC1. The van der Waals surface area contributed by atoms with Crippen LogP contribution in [0.4, 0.5) is 5.69 Å². The Bertz CT molecular complexity index is 707. The maximum atomic E-state index is 12.7. The highest BCUT2D eigenvalue weighted by molar-refractivity contribution is 5.96. The molecule has 1 aromatic heterocycles.